The van der Waals surface area contributed by atoms with E-state index < -0.39 is 0 Å². The zero-order valence-electron chi connectivity index (χ0n) is 15.0. The van der Waals surface area contributed by atoms with E-state index in [1.165, 1.54) is 11.1 Å². The molecule has 0 aliphatic carbocycles. The fourth-order valence-corrected chi connectivity index (χ4v) is 3.22. The van der Waals surface area contributed by atoms with Gasteiger partial charge in [0.25, 0.3) is 0 Å². The normalized spacial score (nSPS) is 15.8. The lowest BCUT2D eigenvalue weighted by molar-refractivity contribution is -0.121. The molecule has 4 nitrogen and oxygen atoms in total. The molecule has 1 heterocycles. The number of hydrogen-bond donors (Lipinski definition) is 1. The number of benzene rings is 2. The minimum Gasteiger partial charge on any atom is -0.497 e. The van der Waals surface area contributed by atoms with Gasteiger partial charge in [-0.05, 0) is 62.7 Å². The molecule has 25 heavy (non-hydrogen) atoms. The molecule has 0 saturated carbocycles. The highest BCUT2D eigenvalue weighted by Crippen LogP contribution is 2.22. The second-order valence-electron chi connectivity index (χ2n) is 6.75. The number of nitrogens with one attached hydrogen (secondary N) is 1. The van der Waals surface area contributed by atoms with Gasteiger partial charge in [-0.1, -0.05) is 29.8 Å². The summed E-state index contributed by atoms with van der Waals surface area (Å²) in [6.07, 6.45) is 1.82. The zero-order valence-corrected chi connectivity index (χ0v) is 15.0. The number of hydrogen-bond acceptors (Lipinski definition) is 3. The van der Waals surface area contributed by atoms with Gasteiger partial charge in [-0.3, -0.25) is 9.69 Å². The van der Waals surface area contributed by atoms with Crippen molar-refractivity contribution in [2.24, 2.45) is 5.92 Å². The lowest BCUT2D eigenvalue weighted by Crippen LogP contribution is -2.37. The molecule has 4 heteroatoms. The minimum absolute atomic E-state index is 0.0939. The van der Waals surface area contributed by atoms with Crippen LogP contribution in [0.5, 0.6) is 5.75 Å². The molecule has 2 aromatic carbocycles. The number of carbonyl (C=O) groups is 1. The van der Waals surface area contributed by atoms with Crippen molar-refractivity contribution in [1.29, 1.82) is 0 Å². The van der Waals surface area contributed by atoms with Crippen LogP contribution >= 0.6 is 0 Å². The van der Waals surface area contributed by atoms with Crippen LogP contribution in [-0.4, -0.2) is 31.0 Å². The molecule has 1 aliphatic heterocycles. The average Bonchev–Trinajstić information content (AvgIpc) is 2.65. The first-order valence-corrected chi connectivity index (χ1v) is 8.87. The maximum absolute atomic E-state index is 12.5. The summed E-state index contributed by atoms with van der Waals surface area (Å²) in [5, 5.41) is 3.02. The number of anilines is 1. The Morgan fingerprint density at radius 3 is 2.32 bits per heavy atom. The van der Waals surface area contributed by atoms with Gasteiger partial charge in [0, 0.05) is 18.2 Å². The smallest absolute Gasteiger partial charge is 0.227 e. The van der Waals surface area contributed by atoms with Crippen LogP contribution in [0, 0.1) is 12.8 Å². The minimum atomic E-state index is 0.0939. The van der Waals surface area contributed by atoms with E-state index in [0.717, 1.165) is 43.9 Å². The van der Waals surface area contributed by atoms with Gasteiger partial charge in [-0.15, -0.1) is 0 Å². The molecule has 0 aromatic heterocycles. The van der Waals surface area contributed by atoms with E-state index >= 15 is 0 Å². The first-order valence-electron chi connectivity index (χ1n) is 8.87. The summed E-state index contributed by atoms with van der Waals surface area (Å²) in [5.74, 6) is 1.01. The second kappa shape index (κ2) is 8.17. The Morgan fingerprint density at radius 2 is 1.72 bits per heavy atom. The van der Waals surface area contributed by atoms with Gasteiger partial charge in [-0.2, -0.15) is 0 Å². The van der Waals surface area contributed by atoms with Crippen LogP contribution in [0.2, 0.25) is 0 Å². The maximum Gasteiger partial charge on any atom is 0.227 e. The first kappa shape index (κ1) is 17.5. The lowest BCUT2D eigenvalue weighted by Gasteiger charge is -2.31. The third-order valence-electron chi connectivity index (χ3n) is 4.84. The molecule has 0 bridgehead atoms. The number of likely N-dealkylation sites (tertiary alicyclic amines) is 1. The fourth-order valence-electron chi connectivity index (χ4n) is 3.22. The molecule has 0 atom stereocenters. The van der Waals surface area contributed by atoms with Gasteiger partial charge in [0.1, 0.15) is 5.75 Å². The van der Waals surface area contributed by atoms with E-state index in [1.807, 2.05) is 24.3 Å². The van der Waals surface area contributed by atoms with E-state index in [4.69, 9.17) is 4.74 Å². The number of amides is 1. The van der Waals surface area contributed by atoms with E-state index in [-0.39, 0.29) is 11.8 Å². The number of piperidine rings is 1. The summed E-state index contributed by atoms with van der Waals surface area (Å²) >= 11 is 0. The van der Waals surface area contributed by atoms with E-state index in [1.54, 1.807) is 7.11 Å². The maximum atomic E-state index is 12.5. The molecule has 132 valence electrons. The summed E-state index contributed by atoms with van der Waals surface area (Å²) in [4.78, 5) is 14.9. The molecular weight excluding hydrogens is 312 g/mol. The summed E-state index contributed by atoms with van der Waals surface area (Å²) in [6.45, 7) is 5.01. The number of nitrogens with zero attached hydrogens (tertiary/aromatic N) is 1. The van der Waals surface area contributed by atoms with Crippen molar-refractivity contribution < 1.29 is 9.53 Å². The van der Waals surface area contributed by atoms with E-state index in [0.29, 0.717) is 0 Å². The Kier molecular flexibility index (Phi) is 5.71. The summed E-state index contributed by atoms with van der Waals surface area (Å²) in [5.41, 5.74) is 3.46. The topological polar surface area (TPSA) is 41.6 Å². The van der Waals surface area contributed by atoms with Crippen LogP contribution in [0.15, 0.2) is 48.5 Å². The van der Waals surface area contributed by atoms with Crippen molar-refractivity contribution in [3.05, 3.63) is 59.7 Å². The number of methoxy groups -OCH3 is 1. The predicted octanol–water partition coefficient (Wildman–Crippen LogP) is 3.85. The van der Waals surface area contributed by atoms with Gasteiger partial charge in [-0.25, -0.2) is 0 Å². The Labute approximate surface area is 149 Å². The standard InChI is InChI=1S/C21H26N2O2/c1-16-3-5-17(6-4-16)15-23-13-11-18(12-14-23)21(24)22-19-7-9-20(25-2)10-8-19/h3-10,18H,11-15H2,1-2H3,(H,22,24). The molecule has 1 aliphatic rings. The molecule has 3 rings (SSSR count). The Hall–Kier alpha value is -2.33. The monoisotopic (exact) mass is 338 g/mol. The van der Waals surface area contributed by atoms with Crippen molar-refractivity contribution in [3.63, 3.8) is 0 Å². The largest absolute Gasteiger partial charge is 0.497 e. The summed E-state index contributed by atoms with van der Waals surface area (Å²) < 4.78 is 5.14. The first-order chi connectivity index (χ1) is 12.1. The molecule has 0 unspecified atom stereocenters. The highest BCUT2D eigenvalue weighted by Gasteiger charge is 2.25. The quantitative estimate of drug-likeness (QED) is 0.900. The van der Waals surface area contributed by atoms with Gasteiger partial charge >= 0.3 is 0 Å². The molecule has 0 spiro atoms. The van der Waals surface area contributed by atoms with Gasteiger partial charge in [0.05, 0.1) is 7.11 Å². The third kappa shape index (κ3) is 4.83. The van der Waals surface area contributed by atoms with Gasteiger partial charge in [0.2, 0.25) is 5.91 Å². The summed E-state index contributed by atoms with van der Waals surface area (Å²) in [7, 11) is 1.64. The van der Waals surface area contributed by atoms with Crippen LogP contribution < -0.4 is 10.1 Å². The molecule has 1 saturated heterocycles. The molecule has 1 fully saturated rings. The zero-order chi connectivity index (χ0) is 17.6. The predicted molar refractivity (Wildman–Crippen MR) is 101 cm³/mol. The summed E-state index contributed by atoms with van der Waals surface area (Å²) in [6, 6.07) is 16.2. The molecule has 1 amide bonds. The van der Waals surface area contributed by atoms with Crippen molar-refractivity contribution in [1.82, 2.24) is 4.90 Å². The Balaban J connectivity index is 1.47. The SMILES string of the molecule is COc1ccc(NC(=O)C2CCN(Cc3ccc(C)cc3)CC2)cc1. The molecule has 0 radical (unpaired) electrons. The lowest BCUT2D eigenvalue weighted by atomic mass is 9.95. The van der Waals surface area contributed by atoms with Crippen molar-refractivity contribution >= 4 is 11.6 Å². The van der Waals surface area contributed by atoms with Crippen molar-refractivity contribution in [2.45, 2.75) is 26.3 Å². The third-order valence-corrected chi connectivity index (χ3v) is 4.84. The number of rotatable bonds is 5. The van der Waals surface area contributed by atoms with Gasteiger partial charge in [0.15, 0.2) is 0 Å². The molecular formula is C21H26N2O2. The fraction of sp³-hybridized carbons (Fsp3) is 0.381. The van der Waals surface area contributed by atoms with Crippen LogP contribution in [0.25, 0.3) is 0 Å². The Morgan fingerprint density at radius 1 is 1.08 bits per heavy atom. The average molecular weight is 338 g/mol. The number of ether oxygens (including phenoxy) is 1. The van der Waals surface area contributed by atoms with E-state index in [9.17, 15) is 4.79 Å². The van der Waals surface area contributed by atoms with E-state index in [2.05, 4.69) is 41.4 Å². The molecule has 2 aromatic rings. The van der Waals surface area contributed by atoms with Crippen molar-refractivity contribution in [2.75, 3.05) is 25.5 Å². The van der Waals surface area contributed by atoms with Crippen molar-refractivity contribution in [3.8, 4) is 5.75 Å². The van der Waals surface area contributed by atoms with Crippen LogP contribution in [0.1, 0.15) is 24.0 Å². The highest BCUT2D eigenvalue weighted by atomic mass is 16.5. The highest BCUT2D eigenvalue weighted by molar-refractivity contribution is 5.92. The Bertz CT molecular complexity index is 687. The number of aryl methyl sites for hydroxylation is 1. The second-order valence-corrected chi connectivity index (χ2v) is 6.75. The van der Waals surface area contributed by atoms with Gasteiger partial charge < -0.3 is 10.1 Å². The van der Waals surface area contributed by atoms with Crippen LogP contribution in [0.4, 0.5) is 5.69 Å². The van der Waals surface area contributed by atoms with Crippen LogP contribution in [0.3, 0.4) is 0 Å². The molecule has 1 N–H and O–H groups in total. The van der Waals surface area contributed by atoms with Crippen LogP contribution in [-0.2, 0) is 11.3 Å². The number of carbonyl (C=O) groups excluding carboxylic acids is 1.